The monoisotopic (exact) mass is 531 g/mol. The molecule has 8 heteroatoms. The number of phenolic OH excluding ortho intramolecular Hbond substituents is 1. The minimum Gasteiger partial charge on any atom is -0.508 e. The van der Waals surface area contributed by atoms with Crippen molar-refractivity contribution in [1.82, 2.24) is 10.2 Å². The van der Waals surface area contributed by atoms with E-state index < -0.39 is 29.7 Å². The highest BCUT2D eigenvalue weighted by atomic mass is 16.6. The van der Waals surface area contributed by atoms with Gasteiger partial charge in [0.1, 0.15) is 23.4 Å². The van der Waals surface area contributed by atoms with Gasteiger partial charge in [-0.1, -0.05) is 56.3 Å². The van der Waals surface area contributed by atoms with Crippen LogP contribution < -0.4 is 10.6 Å². The number of nitrogens with one attached hydrogen (secondary N) is 2. The number of carbonyl (C=O) groups excluding carboxylic acids is 3. The number of alkyl carbamates (subject to hydrolysis) is 1. The Morgan fingerprint density at radius 2 is 1.64 bits per heavy atom. The third-order valence-corrected chi connectivity index (χ3v) is 6.53. The number of aromatic hydroxyl groups is 1. The Hall–Kier alpha value is -4.07. The molecule has 3 amide bonds. The number of carbonyl (C=O) groups is 3. The van der Waals surface area contributed by atoms with Crippen LogP contribution in [-0.4, -0.2) is 45.6 Å². The average molecular weight is 532 g/mol. The molecule has 3 aromatic carbocycles. The van der Waals surface area contributed by atoms with E-state index in [4.69, 9.17) is 4.74 Å². The SMILES string of the molecule is CC(C)C(NC(=O)OC(C)(C)C)C(=O)N(C1CC1)C(C(=O)Nc1ccc2ccccc2c1)c1cccc(O)c1. The fraction of sp³-hybridized carbons (Fsp3) is 0.387. The summed E-state index contributed by atoms with van der Waals surface area (Å²) in [6, 6.07) is 17.8. The Morgan fingerprint density at radius 3 is 2.26 bits per heavy atom. The molecule has 8 nitrogen and oxygen atoms in total. The molecule has 1 fully saturated rings. The van der Waals surface area contributed by atoms with Crippen molar-refractivity contribution in [2.45, 2.75) is 71.2 Å². The summed E-state index contributed by atoms with van der Waals surface area (Å²) in [7, 11) is 0. The van der Waals surface area contributed by atoms with Gasteiger partial charge in [-0.05, 0) is 80.1 Å². The zero-order valence-electron chi connectivity index (χ0n) is 23.1. The summed E-state index contributed by atoms with van der Waals surface area (Å²) >= 11 is 0. The van der Waals surface area contributed by atoms with Gasteiger partial charge >= 0.3 is 6.09 Å². The van der Waals surface area contributed by atoms with Crippen molar-refractivity contribution in [2.75, 3.05) is 5.32 Å². The molecular weight excluding hydrogens is 494 g/mol. The number of phenols is 1. The molecule has 3 aromatic rings. The van der Waals surface area contributed by atoms with E-state index in [9.17, 15) is 19.5 Å². The van der Waals surface area contributed by atoms with E-state index in [2.05, 4.69) is 10.6 Å². The molecule has 0 bridgehead atoms. The van der Waals surface area contributed by atoms with Gasteiger partial charge in [-0.15, -0.1) is 0 Å². The van der Waals surface area contributed by atoms with E-state index in [0.717, 1.165) is 23.6 Å². The van der Waals surface area contributed by atoms with Crippen molar-refractivity contribution >= 4 is 34.4 Å². The number of rotatable bonds is 8. The summed E-state index contributed by atoms with van der Waals surface area (Å²) in [5.41, 5.74) is 0.349. The molecule has 0 spiro atoms. The molecule has 39 heavy (non-hydrogen) atoms. The third kappa shape index (κ3) is 7.07. The van der Waals surface area contributed by atoms with E-state index in [-0.39, 0.29) is 23.6 Å². The van der Waals surface area contributed by atoms with Crippen molar-refractivity contribution in [2.24, 2.45) is 5.92 Å². The molecule has 1 aliphatic rings. The van der Waals surface area contributed by atoms with Gasteiger partial charge in [0, 0.05) is 11.7 Å². The molecule has 0 aliphatic heterocycles. The lowest BCUT2D eigenvalue weighted by molar-refractivity contribution is -0.142. The molecule has 4 rings (SSSR count). The number of hydrogen-bond acceptors (Lipinski definition) is 5. The van der Waals surface area contributed by atoms with Crippen molar-refractivity contribution in [1.29, 1.82) is 0 Å². The Bertz CT molecular complexity index is 1360. The van der Waals surface area contributed by atoms with Crippen molar-refractivity contribution in [3.63, 3.8) is 0 Å². The highest BCUT2D eigenvalue weighted by Gasteiger charge is 2.44. The van der Waals surface area contributed by atoms with Crippen LogP contribution in [-0.2, 0) is 14.3 Å². The average Bonchev–Trinajstić information content (AvgIpc) is 3.69. The second kappa shape index (κ2) is 11.4. The molecule has 0 saturated heterocycles. The van der Waals surface area contributed by atoms with Crippen LogP contribution in [0.3, 0.4) is 0 Å². The van der Waals surface area contributed by atoms with Crippen LogP contribution in [0, 0.1) is 5.92 Å². The van der Waals surface area contributed by atoms with Crippen LogP contribution in [0.15, 0.2) is 66.7 Å². The van der Waals surface area contributed by atoms with E-state index in [1.54, 1.807) is 37.8 Å². The minimum absolute atomic E-state index is 0.00788. The number of benzene rings is 3. The maximum absolute atomic E-state index is 14.1. The molecular formula is C31H37N3O5. The maximum Gasteiger partial charge on any atom is 0.408 e. The van der Waals surface area contributed by atoms with Gasteiger partial charge in [-0.3, -0.25) is 9.59 Å². The summed E-state index contributed by atoms with van der Waals surface area (Å²) in [5, 5.41) is 18.0. The zero-order valence-corrected chi connectivity index (χ0v) is 23.1. The minimum atomic E-state index is -1.02. The number of nitrogens with zero attached hydrogens (tertiary/aromatic N) is 1. The first kappa shape index (κ1) is 28.0. The third-order valence-electron chi connectivity index (χ3n) is 6.53. The van der Waals surface area contributed by atoms with E-state index in [0.29, 0.717) is 11.3 Å². The van der Waals surface area contributed by atoms with Gasteiger partial charge in [-0.25, -0.2) is 4.79 Å². The predicted molar refractivity (Wildman–Crippen MR) is 151 cm³/mol. The molecule has 0 radical (unpaired) electrons. The first-order chi connectivity index (χ1) is 18.4. The van der Waals surface area contributed by atoms with Crippen molar-refractivity contribution in [3.8, 4) is 5.75 Å². The highest BCUT2D eigenvalue weighted by Crippen LogP contribution is 2.37. The molecule has 0 heterocycles. The van der Waals surface area contributed by atoms with E-state index in [1.807, 2.05) is 56.3 Å². The second-order valence-corrected chi connectivity index (χ2v) is 11.4. The quantitative estimate of drug-likeness (QED) is 0.342. The van der Waals surface area contributed by atoms with Gasteiger partial charge in [0.15, 0.2) is 0 Å². The van der Waals surface area contributed by atoms with Crippen LogP contribution in [0.2, 0.25) is 0 Å². The zero-order chi connectivity index (χ0) is 28.3. The largest absolute Gasteiger partial charge is 0.508 e. The fourth-order valence-corrected chi connectivity index (χ4v) is 4.59. The second-order valence-electron chi connectivity index (χ2n) is 11.4. The number of anilines is 1. The smallest absolute Gasteiger partial charge is 0.408 e. The number of hydrogen-bond donors (Lipinski definition) is 3. The normalized spacial score (nSPS) is 14.9. The lowest BCUT2D eigenvalue weighted by atomic mass is 9.98. The molecule has 3 N–H and O–H groups in total. The van der Waals surface area contributed by atoms with Crippen LogP contribution in [0.1, 0.15) is 59.1 Å². The number of amides is 3. The van der Waals surface area contributed by atoms with Gasteiger partial charge in [-0.2, -0.15) is 0 Å². The summed E-state index contributed by atoms with van der Waals surface area (Å²) in [6.07, 6.45) is 0.781. The standard InChI is InChI=1S/C31H37N3O5/c1-19(2)26(33-30(38)39-31(3,4)5)29(37)34(24-15-16-24)27(22-11-8-12-25(35)18-22)28(36)32-23-14-13-20-9-6-7-10-21(20)17-23/h6-14,17-19,24,26-27,35H,15-16H2,1-5H3,(H,32,36)(H,33,38). The lowest BCUT2D eigenvalue weighted by Gasteiger charge is -2.35. The first-order valence-electron chi connectivity index (χ1n) is 13.3. The van der Waals surface area contributed by atoms with E-state index in [1.165, 1.54) is 12.1 Å². The van der Waals surface area contributed by atoms with Crippen LogP contribution >= 0.6 is 0 Å². The molecule has 2 unspecified atom stereocenters. The Balaban J connectivity index is 1.68. The molecule has 2 atom stereocenters. The first-order valence-corrected chi connectivity index (χ1v) is 13.3. The molecule has 0 aromatic heterocycles. The summed E-state index contributed by atoms with van der Waals surface area (Å²) < 4.78 is 5.41. The lowest BCUT2D eigenvalue weighted by Crippen LogP contribution is -2.55. The van der Waals surface area contributed by atoms with E-state index >= 15 is 0 Å². The highest BCUT2D eigenvalue weighted by molar-refractivity contribution is 6.00. The van der Waals surface area contributed by atoms with Gasteiger partial charge < -0.3 is 25.4 Å². The molecule has 206 valence electrons. The van der Waals surface area contributed by atoms with Gasteiger partial charge in [0.2, 0.25) is 5.91 Å². The number of fused-ring (bicyclic) bond motifs is 1. The predicted octanol–water partition coefficient (Wildman–Crippen LogP) is 5.77. The maximum atomic E-state index is 14.1. The summed E-state index contributed by atoms with van der Waals surface area (Å²) in [6.45, 7) is 8.94. The molecule has 1 aliphatic carbocycles. The number of ether oxygens (including phenoxy) is 1. The topological polar surface area (TPSA) is 108 Å². The van der Waals surface area contributed by atoms with Gasteiger partial charge in [0.05, 0.1) is 0 Å². The van der Waals surface area contributed by atoms with Crippen LogP contribution in [0.5, 0.6) is 5.75 Å². The Morgan fingerprint density at radius 1 is 0.949 bits per heavy atom. The fourth-order valence-electron chi connectivity index (χ4n) is 4.59. The van der Waals surface area contributed by atoms with Crippen molar-refractivity contribution < 1.29 is 24.2 Å². The van der Waals surface area contributed by atoms with Crippen LogP contribution in [0.4, 0.5) is 10.5 Å². The summed E-state index contributed by atoms with van der Waals surface area (Å²) in [5.74, 6) is -1.05. The molecule has 1 saturated carbocycles. The van der Waals surface area contributed by atoms with Crippen LogP contribution in [0.25, 0.3) is 10.8 Å². The van der Waals surface area contributed by atoms with Crippen molar-refractivity contribution in [3.05, 3.63) is 72.3 Å². The Kier molecular flexibility index (Phi) is 8.14. The summed E-state index contributed by atoms with van der Waals surface area (Å²) in [4.78, 5) is 42.3. The van der Waals surface area contributed by atoms with Gasteiger partial charge in [0.25, 0.3) is 5.91 Å². The Labute approximate surface area is 229 Å².